The van der Waals surface area contributed by atoms with Crippen LogP contribution in [-0.4, -0.2) is 31.6 Å². The van der Waals surface area contributed by atoms with Crippen LogP contribution in [0.4, 0.5) is 4.39 Å². The normalized spacial score (nSPS) is 11.2. The van der Waals surface area contributed by atoms with Crippen molar-refractivity contribution in [2.45, 2.75) is 52.5 Å². The average molecular weight is 351 g/mol. The molecule has 0 aliphatic carbocycles. The van der Waals surface area contributed by atoms with Crippen LogP contribution in [0.25, 0.3) is 0 Å². The molecular weight excluding hydrogens is 321 g/mol. The van der Waals surface area contributed by atoms with Crippen molar-refractivity contribution in [2.24, 2.45) is 4.99 Å². The SMILES string of the molecule is CCNC(=NCc1ccccc1F)NCCCCCCC(=O)OCC. The zero-order chi connectivity index (χ0) is 18.3. The molecule has 0 bridgehead atoms. The van der Waals surface area contributed by atoms with E-state index in [-0.39, 0.29) is 11.8 Å². The second kappa shape index (κ2) is 13.2. The molecule has 0 saturated heterocycles. The molecule has 0 aromatic heterocycles. The Morgan fingerprint density at radius 3 is 2.60 bits per heavy atom. The summed E-state index contributed by atoms with van der Waals surface area (Å²) in [5, 5.41) is 6.41. The van der Waals surface area contributed by atoms with Gasteiger partial charge in [0.1, 0.15) is 5.82 Å². The van der Waals surface area contributed by atoms with Crippen LogP contribution in [0.1, 0.15) is 51.5 Å². The van der Waals surface area contributed by atoms with Crippen LogP contribution >= 0.6 is 0 Å². The van der Waals surface area contributed by atoms with Gasteiger partial charge < -0.3 is 15.4 Å². The summed E-state index contributed by atoms with van der Waals surface area (Å²) in [4.78, 5) is 15.6. The number of nitrogens with one attached hydrogen (secondary N) is 2. The third-order valence-corrected chi connectivity index (χ3v) is 3.62. The smallest absolute Gasteiger partial charge is 0.305 e. The maximum Gasteiger partial charge on any atom is 0.305 e. The number of unbranched alkanes of at least 4 members (excludes halogenated alkanes) is 3. The molecule has 1 aromatic rings. The van der Waals surface area contributed by atoms with Crippen LogP contribution in [0, 0.1) is 5.82 Å². The van der Waals surface area contributed by atoms with Crippen molar-refractivity contribution in [3.8, 4) is 0 Å². The van der Waals surface area contributed by atoms with Gasteiger partial charge in [0.25, 0.3) is 0 Å². The molecule has 0 radical (unpaired) electrons. The number of ether oxygens (including phenoxy) is 1. The van der Waals surface area contributed by atoms with Crippen molar-refractivity contribution in [1.82, 2.24) is 10.6 Å². The van der Waals surface area contributed by atoms with E-state index in [4.69, 9.17) is 4.74 Å². The molecule has 0 fully saturated rings. The summed E-state index contributed by atoms with van der Waals surface area (Å²) < 4.78 is 18.5. The lowest BCUT2D eigenvalue weighted by molar-refractivity contribution is -0.143. The zero-order valence-electron chi connectivity index (χ0n) is 15.3. The molecular formula is C19H30FN3O2. The summed E-state index contributed by atoms with van der Waals surface area (Å²) in [7, 11) is 0. The average Bonchev–Trinajstić information content (AvgIpc) is 2.60. The number of halogens is 1. The minimum atomic E-state index is -0.233. The third kappa shape index (κ3) is 9.69. The second-order valence-corrected chi connectivity index (χ2v) is 5.68. The van der Waals surface area contributed by atoms with Gasteiger partial charge >= 0.3 is 5.97 Å². The number of guanidine groups is 1. The number of hydrogen-bond donors (Lipinski definition) is 2. The van der Waals surface area contributed by atoms with Crippen molar-refractivity contribution in [1.29, 1.82) is 0 Å². The first-order valence-corrected chi connectivity index (χ1v) is 9.08. The number of carbonyl (C=O) groups excluding carboxylic acids is 1. The van der Waals surface area contributed by atoms with Crippen molar-refractivity contribution in [3.63, 3.8) is 0 Å². The fourth-order valence-corrected chi connectivity index (χ4v) is 2.32. The Bertz CT molecular complexity index is 535. The minimum absolute atomic E-state index is 0.115. The van der Waals surface area contributed by atoms with Crippen molar-refractivity contribution >= 4 is 11.9 Å². The van der Waals surface area contributed by atoms with Gasteiger partial charge in [-0.3, -0.25) is 4.79 Å². The first kappa shape index (κ1) is 20.9. The largest absolute Gasteiger partial charge is 0.466 e. The Morgan fingerprint density at radius 2 is 1.88 bits per heavy atom. The van der Waals surface area contributed by atoms with E-state index in [1.165, 1.54) is 6.07 Å². The molecule has 0 saturated carbocycles. The van der Waals surface area contributed by atoms with Crippen LogP contribution in [-0.2, 0) is 16.1 Å². The lowest BCUT2D eigenvalue weighted by atomic mass is 10.1. The van der Waals surface area contributed by atoms with Gasteiger partial charge in [-0.15, -0.1) is 0 Å². The number of esters is 1. The molecule has 6 heteroatoms. The topological polar surface area (TPSA) is 62.7 Å². The maximum absolute atomic E-state index is 13.6. The van der Waals surface area contributed by atoms with Crippen LogP contribution in [0.3, 0.4) is 0 Å². The molecule has 25 heavy (non-hydrogen) atoms. The van der Waals surface area contributed by atoms with E-state index in [9.17, 15) is 9.18 Å². The predicted octanol–water partition coefficient (Wildman–Crippen LogP) is 3.39. The van der Waals surface area contributed by atoms with E-state index in [2.05, 4.69) is 15.6 Å². The van der Waals surface area contributed by atoms with Gasteiger partial charge in [-0.1, -0.05) is 31.0 Å². The van der Waals surface area contributed by atoms with Gasteiger partial charge in [0.05, 0.1) is 13.2 Å². The van der Waals surface area contributed by atoms with Crippen molar-refractivity contribution in [2.75, 3.05) is 19.7 Å². The lowest BCUT2D eigenvalue weighted by Crippen LogP contribution is -2.37. The lowest BCUT2D eigenvalue weighted by Gasteiger charge is -2.11. The van der Waals surface area contributed by atoms with Gasteiger partial charge in [-0.2, -0.15) is 0 Å². The van der Waals surface area contributed by atoms with Gasteiger partial charge in [-0.25, -0.2) is 9.38 Å². The molecule has 0 amide bonds. The number of nitrogens with zero attached hydrogens (tertiary/aromatic N) is 1. The molecule has 0 atom stereocenters. The Morgan fingerprint density at radius 1 is 1.12 bits per heavy atom. The van der Waals surface area contributed by atoms with Crippen molar-refractivity contribution < 1.29 is 13.9 Å². The highest BCUT2D eigenvalue weighted by molar-refractivity contribution is 5.79. The molecule has 0 heterocycles. The van der Waals surface area contributed by atoms with E-state index in [1.807, 2.05) is 19.9 Å². The molecule has 140 valence electrons. The Labute approximate surface area is 150 Å². The van der Waals surface area contributed by atoms with E-state index >= 15 is 0 Å². The summed E-state index contributed by atoms with van der Waals surface area (Å²) in [5.41, 5.74) is 0.582. The highest BCUT2D eigenvalue weighted by atomic mass is 19.1. The monoisotopic (exact) mass is 351 g/mol. The fourth-order valence-electron chi connectivity index (χ4n) is 2.32. The number of rotatable bonds is 11. The van der Waals surface area contributed by atoms with E-state index in [1.54, 1.807) is 12.1 Å². The van der Waals surface area contributed by atoms with Gasteiger partial charge in [0, 0.05) is 25.1 Å². The van der Waals surface area contributed by atoms with Crippen LogP contribution in [0.5, 0.6) is 0 Å². The molecule has 0 spiro atoms. The zero-order valence-corrected chi connectivity index (χ0v) is 15.3. The molecule has 1 aromatic carbocycles. The molecule has 1 rings (SSSR count). The molecule has 0 unspecified atom stereocenters. The Kier molecular flexibility index (Phi) is 11.1. The quantitative estimate of drug-likeness (QED) is 0.278. The number of hydrogen-bond acceptors (Lipinski definition) is 3. The van der Waals surface area contributed by atoms with E-state index < -0.39 is 0 Å². The highest BCUT2D eigenvalue weighted by Crippen LogP contribution is 2.07. The van der Waals surface area contributed by atoms with Gasteiger partial charge in [-0.05, 0) is 32.8 Å². The first-order valence-electron chi connectivity index (χ1n) is 9.08. The summed E-state index contributed by atoms with van der Waals surface area (Å²) in [6.07, 6.45) is 4.39. The molecule has 5 nitrogen and oxygen atoms in total. The minimum Gasteiger partial charge on any atom is -0.466 e. The van der Waals surface area contributed by atoms with E-state index in [0.717, 1.165) is 38.8 Å². The molecule has 2 N–H and O–H groups in total. The highest BCUT2D eigenvalue weighted by Gasteiger charge is 2.02. The number of carbonyl (C=O) groups is 1. The Balaban J connectivity index is 2.23. The number of aliphatic imine (C=N–C) groups is 1. The van der Waals surface area contributed by atoms with Crippen LogP contribution in [0.2, 0.25) is 0 Å². The maximum atomic E-state index is 13.6. The predicted molar refractivity (Wildman–Crippen MR) is 98.9 cm³/mol. The summed E-state index contributed by atoms with van der Waals surface area (Å²) in [6.45, 7) is 6.11. The van der Waals surface area contributed by atoms with Gasteiger partial charge in [0.2, 0.25) is 0 Å². The first-order chi connectivity index (χ1) is 12.2. The van der Waals surface area contributed by atoms with E-state index in [0.29, 0.717) is 31.1 Å². The van der Waals surface area contributed by atoms with Crippen LogP contribution in [0.15, 0.2) is 29.3 Å². The standard InChI is InChI=1S/C19H30FN3O2/c1-3-21-19(23-15-16-11-8-9-12-17(16)20)22-14-10-6-5-7-13-18(24)25-4-2/h8-9,11-12H,3-7,10,13-15H2,1-2H3,(H2,21,22,23). The summed E-state index contributed by atoms with van der Waals surface area (Å²) in [5.74, 6) is 0.344. The number of benzene rings is 1. The third-order valence-electron chi connectivity index (χ3n) is 3.62. The Hall–Kier alpha value is -2.11. The molecule has 0 aliphatic rings. The summed E-state index contributed by atoms with van der Waals surface area (Å²) in [6, 6.07) is 6.67. The van der Waals surface area contributed by atoms with Crippen molar-refractivity contribution in [3.05, 3.63) is 35.6 Å². The fraction of sp³-hybridized carbons (Fsp3) is 0.579. The van der Waals surface area contributed by atoms with Crippen LogP contribution < -0.4 is 10.6 Å². The summed E-state index contributed by atoms with van der Waals surface area (Å²) >= 11 is 0. The second-order valence-electron chi connectivity index (χ2n) is 5.68. The molecule has 0 aliphatic heterocycles. The van der Waals surface area contributed by atoms with Gasteiger partial charge in [0.15, 0.2) is 5.96 Å².